The van der Waals surface area contributed by atoms with Gasteiger partial charge in [0.2, 0.25) is 0 Å². The van der Waals surface area contributed by atoms with Crippen molar-refractivity contribution in [3.63, 3.8) is 0 Å². The highest BCUT2D eigenvalue weighted by Crippen LogP contribution is 2.27. The van der Waals surface area contributed by atoms with E-state index in [1.165, 1.54) is 23.8 Å². The van der Waals surface area contributed by atoms with E-state index < -0.39 is 0 Å². The summed E-state index contributed by atoms with van der Waals surface area (Å²) in [4.78, 5) is 0. The Balaban J connectivity index is 1.87. The van der Waals surface area contributed by atoms with Crippen molar-refractivity contribution in [2.45, 2.75) is 25.8 Å². The van der Waals surface area contributed by atoms with Crippen LogP contribution in [0.4, 0.5) is 0 Å². The molecule has 84 valence electrons. The summed E-state index contributed by atoms with van der Waals surface area (Å²) >= 11 is 0. The Bertz CT molecular complexity index is 481. The van der Waals surface area contributed by atoms with Gasteiger partial charge >= 0.3 is 0 Å². The van der Waals surface area contributed by atoms with E-state index >= 15 is 0 Å². The molecule has 2 aromatic rings. The minimum atomic E-state index is 0.524. The lowest BCUT2D eigenvalue weighted by molar-refractivity contribution is 0.333. The normalized spacial score (nSPS) is 26.1. The van der Waals surface area contributed by atoms with E-state index in [1.54, 1.807) is 0 Å². The molecule has 0 aliphatic carbocycles. The number of nitrogens with one attached hydrogen (secondary N) is 2. The zero-order valence-corrected chi connectivity index (χ0v) is 9.53. The maximum Gasteiger partial charge on any atom is 0.0650 e. The number of H-pyrrole nitrogens is 1. The van der Waals surface area contributed by atoms with Crippen molar-refractivity contribution in [3.05, 3.63) is 30.0 Å². The highest BCUT2D eigenvalue weighted by molar-refractivity contribution is 5.78. The van der Waals surface area contributed by atoms with E-state index in [0.29, 0.717) is 6.04 Å². The van der Waals surface area contributed by atoms with Gasteiger partial charge in [-0.1, -0.05) is 13.0 Å². The fraction of sp³-hybridized carbons (Fsp3) is 0.462. The van der Waals surface area contributed by atoms with E-state index in [1.807, 2.05) is 6.20 Å². The van der Waals surface area contributed by atoms with E-state index in [9.17, 15) is 0 Å². The van der Waals surface area contributed by atoms with Gasteiger partial charge in [-0.05, 0) is 43.0 Å². The molecule has 3 nitrogen and oxygen atoms in total. The van der Waals surface area contributed by atoms with Crippen LogP contribution in [0, 0.1) is 5.92 Å². The van der Waals surface area contributed by atoms with Gasteiger partial charge in [-0.25, -0.2) is 0 Å². The van der Waals surface area contributed by atoms with Gasteiger partial charge in [0, 0.05) is 11.4 Å². The molecule has 0 spiro atoms. The van der Waals surface area contributed by atoms with Crippen LogP contribution in [-0.2, 0) is 0 Å². The van der Waals surface area contributed by atoms with Crippen molar-refractivity contribution in [3.8, 4) is 0 Å². The van der Waals surface area contributed by atoms with E-state index in [-0.39, 0.29) is 0 Å². The zero-order chi connectivity index (χ0) is 11.0. The molecule has 16 heavy (non-hydrogen) atoms. The van der Waals surface area contributed by atoms with Crippen LogP contribution in [0.2, 0.25) is 0 Å². The lowest BCUT2D eigenvalue weighted by Gasteiger charge is -2.28. The molecule has 0 amide bonds. The predicted octanol–water partition coefficient (Wildman–Crippen LogP) is 2.62. The van der Waals surface area contributed by atoms with E-state index in [4.69, 9.17) is 0 Å². The molecule has 1 aromatic heterocycles. The number of piperidine rings is 1. The third-order valence-electron chi connectivity index (χ3n) is 3.53. The van der Waals surface area contributed by atoms with E-state index in [2.05, 4.69) is 40.6 Å². The molecule has 2 N–H and O–H groups in total. The van der Waals surface area contributed by atoms with Gasteiger partial charge in [-0.3, -0.25) is 5.10 Å². The standard InChI is InChI=1S/C13H17N3/c1-9-2-4-12(14-7-9)10-3-5-13-11(6-10)8-15-16-13/h3,5-6,8-9,12,14H,2,4,7H2,1H3,(H,15,16)/t9-,12?/m0/s1. The highest BCUT2D eigenvalue weighted by atomic mass is 15.1. The second kappa shape index (κ2) is 3.91. The summed E-state index contributed by atoms with van der Waals surface area (Å²) in [5.41, 5.74) is 2.51. The fourth-order valence-corrected chi connectivity index (χ4v) is 2.46. The first kappa shape index (κ1) is 9.85. The Kier molecular flexibility index (Phi) is 2.40. The largest absolute Gasteiger partial charge is 0.310 e. The third-order valence-corrected chi connectivity index (χ3v) is 3.53. The summed E-state index contributed by atoms with van der Waals surface area (Å²) in [7, 11) is 0. The summed E-state index contributed by atoms with van der Waals surface area (Å²) in [6, 6.07) is 7.09. The number of nitrogens with zero attached hydrogens (tertiary/aromatic N) is 1. The SMILES string of the molecule is C[C@H]1CCC(c2ccc3[nH]ncc3c2)NC1. The van der Waals surface area contributed by atoms with Gasteiger partial charge in [0.15, 0.2) is 0 Å². The Morgan fingerprint density at radius 2 is 2.25 bits per heavy atom. The molecule has 3 heteroatoms. The number of hydrogen-bond donors (Lipinski definition) is 2. The number of hydrogen-bond acceptors (Lipinski definition) is 2. The first-order valence-electron chi connectivity index (χ1n) is 5.99. The van der Waals surface area contributed by atoms with Crippen LogP contribution < -0.4 is 5.32 Å². The number of rotatable bonds is 1. The highest BCUT2D eigenvalue weighted by Gasteiger charge is 2.18. The van der Waals surface area contributed by atoms with Crippen molar-refractivity contribution < 1.29 is 0 Å². The molecule has 2 heterocycles. The lowest BCUT2D eigenvalue weighted by Crippen LogP contribution is -2.31. The predicted molar refractivity (Wildman–Crippen MR) is 65.2 cm³/mol. The van der Waals surface area contributed by atoms with Crippen LogP contribution in [0.25, 0.3) is 10.9 Å². The van der Waals surface area contributed by atoms with Gasteiger partial charge < -0.3 is 5.32 Å². The van der Waals surface area contributed by atoms with Crippen LogP contribution in [-0.4, -0.2) is 16.7 Å². The lowest BCUT2D eigenvalue weighted by atomic mass is 9.92. The number of benzene rings is 1. The molecule has 0 radical (unpaired) electrons. The molecule has 1 aromatic carbocycles. The summed E-state index contributed by atoms with van der Waals surface area (Å²) < 4.78 is 0. The average Bonchev–Trinajstić information content (AvgIpc) is 2.77. The number of fused-ring (bicyclic) bond motifs is 1. The van der Waals surface area contributed by atoms with Crippen molar-refractivity contribution in [1.82, 2.24) is 15.5 Å². The van der Waals surface area contributed by atoms with Crippen molar-refractivity contribution in [2.75, 3.05) is 6.54 Å². The third kappa shape index (κ3) is 1.71. The van der Waals surface area contributed by atoms with Gasteiger partial charge in [-0.15, -0.1) is 0 Å². The van der Waals surface area contributed by atoms with E-state index in [0.717, 1.165) is 18.0 Å². The molecule has 0 bridgehead atoms. The summed E-state index contributed by atoms with van der Waals surface area (Å²) in [5.74, 6) is 0.814. The Morgan fingerprint density at radius 3 is 3.06 bits per heavy atom. The maximum absolute atomic E-state index is 4.05. The first-order valence-corrected chi connectivity index (χ1v) is 5.99. The van der Waals surface area contributed by atoms with Crippen molar-refractivity contribution >= 4 is 10.9 Å². The Morgan fingerprint density at radius 1 is 1.31 bits per heavy atom. The fourth-order valence-electron chi connectivity index (χ4n) is 2.46. The smallest absolute Gasteiger partial charge is 0.0650 e. The minimum Gasteiger partial charge on any atom is -0.310 e. The molecule has 1 unspecified atom stereocenters. The summed E-state index contributed by atoms with van der Waals surface area (Å²) in [6.45, 7) is 3.44. The summed E-state index contributed by atoms with van der Waals surface area (Å²) in [5, 5.41) is 11.9. The molecule has 1 saturated heterocycles. The molecule has 1 aliphatic heterocycles. The minimum absolute atomic E-state index is 0.524. The number of aromatic amines is 1. The van der Waals surface area contributed by atoms with Gasteiger partial charge in [0.25, 0.3) is 0 Å². The molecule has 3 rings (SSSR count). The van der Waals surface area contributed by atoms with Gasteiger partial charge in [0.1, 0.15) is 0 Å². The average molecular weight is 215 g/mol. The van der Waals surface area contributed by atoms with Crippen molar-refractivity contribution in [2.24, 2.45) is 5.92 Å². The quantitative estimate of drug-likeness (QED) is 0.767. The molecular formula is C13H17N3. The Hall–Kier alpha value is -1.35. The van der Waals surface area contributed by atoms with Crippen LogP contribution in [0.3, 0.4) is 0 Å². The van der Waals surface area contributed by atoms with Crippen LogP contribution in [0.15, 0.2) is 24.4 Å². The molecule has 0 saturated carbocycles. The number of aromatic nitrogens is 2. The van der Waals surface area contributed by atoms with Crippen LogP contribution in [0.1, 0.15) is 31.4 Å². The van der Waals surface area contributed by atoms with Crippen LogP contribution >= 0.6 is 0 Å². The topological polar surface area (TPSA) is 40.7 Å². The van der Waals surface area contributed by atoms with Gasteiger partial charge in [0.05, 0.1) is 11.7 Å². The molecule has 1 fully saturated rings. The molecule has 1 aliphatic rings. The second-order valence-electron chi connectivity index (χ2n) is 4.86. The zero-order valence-electron chi connectivity index (χ0n) is 9.53. The first-order chi connectivity index (χ1) is 7.83. The molecular weight excluding hydrogens is 198 g/mol. The van der Waals surface area contributed by atoms with Crippen molar-refractivity contribution in [1.29, 1.82) is 0 Å². The summed E-state index contributed by atoms with van der Waals surface area (Å²) in [6.07, 6.45) is 4.45. The van der Waals surface area contributed by atoms with Gasteiger partial charge in [-0.2, -0.15) is 5.10 Å². The molecule has 2 atom stereocenters. The van der Waals surface area contributed by atoms with Crippen LogP contribution in [0.5, 0.6) is 0 Å². The monoisotopic (exact) mass is 215 g/mol. The Labute approximate surface area is 95.2 Å². The maximum atomic E-state index is 4.05. The second-order valence-corrected chi connectivity index (χ2v) is 4.86.